The van der Waals surface area contributed by atoms with Crippen molar-refractivity contribution in [3.8, 4) is 0 Å². The fourth-order valence-electron chi connectivity index (χ4n) is 2.73. The molecule has 6 nitrogen and oxygen atoms in total. The van der Waals surface area contributed by atoms with E-state index in [1.54, 1.807) is 29.3 Å². The summed E-state index contributed by atoms with van der Waals surface area (Å²) >= 11 is 0. The molecule has 2 rings (SSSR count). The molecule has 1 aromatic rings. The Kier molecular flexibility index (Phi) is 4.76. The van der Waals surface area contributed by atoms with Gasteiger partial charge in [-0.3, -0.25) is 9.59 Å². The fourth-order valence-corrected chi connectivity index (χ4v) is 2.73. The number of hydrogen-bond acceptors (Lipinski definition) is 4. The number of pyridine rings is 1. The molecule has 2 heterocycles. The molecule has 0 saturated carbocycles. The fraction of sp³-hybridized carbons (Fsp3) is 0.500. The molecule has 2 atom stereocenters. The first-order valence-electron chi connectivity index (χ1n) is 7.02. The van der Waals surface area contributed by atoms with E-state index in [4.69, 9.17) is 5.73 Å². The van der Waals surface area contributed by atoms with E-state index in [-0.39, 0.29) is 13.0 Å². The molecule has 1 saturated heterocycles. The summed E-state index contributed by atoms with van der Waals surface area (Å²) < 4.78 is 37.6. The first-order valence-corrected chi connectivity index (χ1v) is 7.02. The van der Waals surface area contributed by atoms with Crippen LogP contribution in [0.4, 0.5) is 19.0 Å². The second-order valence-corrected chi connectivity index (χ2v) is 5.39. The predicted octanol–water partition coefficient (Wildman–Crippen LogP) is 0.925. The maximum Gasteiger partial charge on any atom is 0.471 e. The number of amides is 2. The summed E-state index contributed by atoms with van der Waals surface area (Å²) in [7, 11) is 1.09. The van der Waals surface area contributed by atoms with Gasteiger partial charge in [0.1, 0.15) is 11.9 Å². The van der Waals surface area contributed by atoms with Gasteiger partial charge in [-0.05, 0) is 25.0 Å². The number of aromatic nitrogens is 1. The van der Waals surface area contributed by atoms with Crippen LogP contribution in [0.2, 0.25) is 0 Å². The highest BCUT2D eigenvalue weighted by molar-refractivity contribution is 5.84. The van der Waals surface area contributed by atoms with Crippen molar-refractivity contribution in [1.29, 1.82) is 0 Å². The lowest BCUT2D eigenvalue weighted by Crippen LogP contribution is -2.56. The molecule has 0 aliphatic carbocycles. The number of carbonyl (C=O) groups excluding carboxylic acids is 2. The molecule has 1 aliphatic heterocycles. The Labute approximate surface area is 131 Å². The molecule has 0 radical (unpaired) electrons. The van der Waals surface area contributed by atoms with E-state index in [1.165, 1.54) is 0 Å². The van der Waals surface area contributed by atoms with Crippen LogP contribution in [-0.4, -0.2) is 53.6 Å². The zero-order chi connectivity index (χ0) is 17.2. The van der Waals surface area contributed by atoms with Crippen molar-refractivity contribution in [2.75, 3.05) is 18.5 Å². The van der Waals surface area contributed by atoms with E-state index < -0.39 is 30.1 Å². The molecular formula is C14H17F3N4O2. The third-order valence-corrected chi connectivity index (χ3v) is 3.96. The number of halogens is 3. The summed E-state index contributed by atoms with van der Waals surface area (Å²) in [6, 6.07) is 3.63. The summed E-state index contributed by atoms with van der Waals surface area (Å²) in [5.41, 5.74) is 5.39. The number of carbonyl (C=O) groups is 2. The van der Waals surface area contributed by atoms with Crippen LogP contribution in [0.25, 0.3) is 0 Å². The molecular weight excluding hydrogens is 313 g/mol. The second-order valence-electron chi connectivity index (χ2n) is 5.39. The molecule has 1 aromatic heterocycles. The van der Waals surface area contributed by atoms with Gasteiger partial charge in [0.25, 0.3) is 0 Å². The number of piperidine rings is 1. The van der Waals surface area contributed by atoms with Crippen molar-refractivity contribution >= 4 is 17.6 Å². The van der Waals surface area contributed by atoms with Crippen molar-refractivity contribution in [2.45, 2.75) is 31.1 Å². The van der Waals surface area contributed by atoms with Gasteiger partial charge in [0.15, 0.2) is 0 Å². The topological polar surface area (TPSA) is 79.5 Å². The maximum absolute atomic E-state index is 12.5. The van der Waals surface area contributed by atoms with Gasteiger partial charge in [0.2, 0.25) is 5.91 Å². The van der Waals surface area contributed by atoms with E-state index in [2.05, 4.69) is 4.98 Å². The highest BCUT2D eigenvalue weighted by Gasteiger charge is 2.45. The standard InChI is InChI=1S/C14H17F3N4O2/c1-20(13(23)14(15,16)17)9-5-7-21(10(8-9)12(18)22)11-4-2-3-6-19-11/h2-4,6,9-10H,5,7-8H2,1H3,(H2,18,22). The van der Waals surface area contributed by atoms with Crippen LogP contribution in [0, 0.1) is 0 Å². The van der Waals surface area contributed by atoms with Crippen LogP contribution in [0.1, 0.15) is 12.8 Å². The van der Waals surface area contributed by atoms with E-state index in [1.807, 2.05) is 0 Å². The van der Waals surface area contributed by atoms with Gasteiger partial charge in [0, 0.05) is 25.8 Å². The van der Waals surface area contributed by atoms with Crippen molar-refractivity contribution in [3.05, 3.63) is 24.4 Å². The van der Waals surface area contributed by atoms with E-state index in [9.17, 15) is 22.8 Å². The van der Waals surface area contributed by atoms with Gasteiger partial charge in [0.05, 0.1) is 0 Å². The summed E-state index contributed by atoms with van der Waals surface area (Å²) in [5, 5.41) is 0. The molecule has 2 N–H and O–H groups in total. The second kappa shape index (κ2) is 6.43. The summed E-state index contributed by atoms with van der Waals surface area (Å²) in [5.74, 6) is -2.05. The quantitative estimate of drug-likeness (QED) is 0.894. The van der Waals surface area contributed by atoms with Gasteiger partial charge < -0.3 is 15.5 Å². The first-order chi connectivity index (χ1) is 10.7. The van der Waals surface area contributed by atoms with E-state index in [0.717, 1.165) is 7.05 Å². The van der Waals surface area contributed by atoms with E-state index >= 15 is 0 Å². The molecule has 9 heteroatoms. The average Bonchev–Trinajstić information content (AvgIpc) is 2.52. The highest BCUT2D eigenvalue weighted by Crippen LogP contribution is 2.28. The lowest BCUT2D eigenvalue weighted by molar-refractivity contribution is -0.186. The van der Waals surface area contributed by atoms with Gasteiger partial charge in [-0.1, -0.05) is 6.07 Å². The van der Waals surface area contributed by atoms with Crippen LogP contribution < -0.4 is 10.6 Å². The average molecular weight is 330 g/mol. The Bertz CT molecular complexity index is 579. The zero-order valence-corrected chi connectivity index (χ0v) is 12.5. The minimum Gasteiger partial charge on any atom is -0.368 e. The smallest absolute Gasteiger partial charge is 0.368 e. The molecule has 0 aromatic carbocycles. The molecule has 1 fully saturated rings. The zero-order valence-electron chi connectivity index (χ0n) is 12.5. The Morgan fingerprint density at radius 3 is 2.61 bits per heavy atom. The molecule has 126 valence electrons. The largest absolute Gasteiger partial charge is 0.471 e. The lowest BCUT2D eigenvalue weighted by atomic mass is 9.95. The molecule has 23 heavy (non-hydrogen) atoms. The minimum absolute atomic E-state index is 0.0320. The number of primary amides is 1. The number of anilines is 1. The number of nitrogens with zero attached hydrogens (tertiary/aromatic N) is 3. The SMILES string of the molecule is CN(C(=O)C(F)(F)F)C1CCN(c2ccccn2)C(C(N)=O)C1. The van der Waals surface area contributed by atoms with Crippen LogP contribution >= 0.6 is 0 Å². The van der Waals surface area contributed by atoms with Crippen LogP contribution in [0.5, 0.6) is 0 Å². The predicted molar refractivity (Wildman–Crippen MR) is 76.4 cm³/mol. The Balaban J connectivity index is 2.16. The van der Waals surface area contributed by atoms with E-state index in [0.29, 0.717) is 17.1 Å². The third kappa shape index (κ3) is 3.72. The Morgan fingerprint density at radius 2 is 2.09 bits per heavy atom. The van der Waals surface area contributed by atoms with Crippen molar-refractivity contribution in [1.82, 2.24) is 9.88 Å². The van der Waals surface area contributed by atoms with Gasteiger partial charge in [-0.2, -0.15) is 13.2 Å². The maximum atomic E-state index is 12.5. The lowest BCUT2D eigenvalue weighted by Gasteiger charge is -2.41. The number of hydrogen-bond donors (Lipinski definition) is 1. The van der Waals surface area contributed by atoms with Crippen LogP contribution in [0.3, 0.4) is 0 Å². The molecule has 2 unspecified atom stereocenters. The number of nitrogens with two attached hydrogens (primary N) is 1. The summed E-state index contributed by atoms with van der Waals surface area (Å²) in [4.78, 5) is 29.5. The first kappa shape index (κ1) is 17.0. The Hall–Kier alpha value is -2.32. The van der Waals surface area contributed by atoms with Gasteiger partial charge >= 0.3 is 12.1 Å². The molecule has 2 amide bonds. The third-order valence-electron chi connectivity index (χ3n) is 3.96. The highest BCUT2D eigenvalue weighted by atomic mass is 19.4. The number of rotatable bonds is 3. The minimum atomic E-state index is -4.94. The van der Waals surface area contributed by atoms with Crippen molar-refractivity contribution < 1.29 is 22.8 Å². The van der Waals surface area contributed by atoms with Gasteiger partial charge in [-0.15, -0.1) is 0 Å². The summed E-state index contributed by atoms with van der Waals surface area (Å²) in [6.07, 6.45) is -3.06. The van der Waals surface area contributed by atoms with Crippen molar-refractivity contribution in [2.24, 2.45) is 5.73 Å². The molecule has 0 bridgehead atoms. The van der Waals surface area contributed by atoms with Crippen LogP contribution in [0.15, 0.2) is 24.4 Å². The monoisotopic (exact) mass is 330 g/mol. The Morgan fingerprint density at radius 1 is 1.39 bits per heavy atom. The van der Waals surface area contributed by atoms with Crippen molar-refractivity contribution in [3.63, 3.8) is 0 Å². The molecule has 1 aliphatic rings. The summed E-state index contributed by atoms with van der Waals surface area (Å²) in [6.45, 7) is 0.283. The van der Waals surface area contributed by atoms with Gasteiger partial charge in [-0.25, -0.2) is 4.98 Å². The van der Waals surface area contributed by atoms with Crippen LogP contribution in [-0.2, 0) is 9.59 Å². The molecule has 0 spiro atoms. The number of alkyl halides is 3. The normalized spacial score (nSPS) is 21.8.